The van der Waals surface area contributed by atoms with Crippen LogP contribution in [0.1, 0.15) is 49.9 Å². The van der Waals surface area contributed by atoms with Crippen molar-refractivity contribution in [2.24, 2.45) is 5.92 Å². The Labute approximate surface area is 217 Å². The van der Waals surface area contributed by atoms with Gasteiger partial charge in [0, 0.05) is 43.2 Å². The fourth-order valence-electron chi connectivity index (χ4n) is 5.71. The first-order chi connectivity index (χ1) is 17.9. The van der Waals surface area contributed by atoms with Gasteiger partial charge >= 0.3 is 6.61 Å². The number of nitrogens with one attached hydrogen (secondary N) is 1. The van der Waals surface area contributed by atoms with E-state index in [0.717, 1.165) is 0 Å². The lowest BCUT2D eigenvalue weighted by atomic mass is 9.81. The molecule has 2 aliphatic heterocycles. The fourth-order valence-corrected chi connectivity index (χ4v) is 7.81. The molecule has 2 fully saturated rings. The zero-order chi connectivity index (χ0) is 27.3. The molecule has 13 heteroatoms. The van der Waals surface area contributed by atoms with Crippen LogP contribution in [0.5, 0.6) is 5.75 Å². The van der Waals surface area contributed by atoms with Crippen LogP contribution in [0.2, 0.25) is 0 Å². The molecule has 1 N–H and O–H groups in total. The summed E-state index contributed by atoms with van der Waals surface area (Å²) in [4.78, 5) is 13.2. The zero-order valence-electron chi connectivity index (χ0n) is 20.8. The first-order valence-corrected chi connectivity index (χ1v) is 14.3. The van der Waals surface area contributed by atoms with Crippen molar-refractivity contribution in [2.45, 2.75) is 63.1 Å². The smallest absolute Gasteiger partial charge is 0.387 e. The van der Waals surface area contributed by atoms with Gasteiger partial charge < -0.3 is 14.8 Å². The molecule has 1 aliphatic carbocycles. The second-order valence-corrected chi connectivity index (χ2v) is 12.8. The minimum absolute atomic E-state index is 0.0167. The summed E-state index contributed by atoms with van der Waals surface area (Å²) in [5, 5.41) is 7.28. The average molecular weight is 560 g/mol. The summed E-state index contributed by atoms with van der Waals surface area (Å²) in [6.45, 7) is -0.601. The van der Waals surface area contributed by atoms with Crippen LogP contribution < -0.4 is 10.1 Å². The molecule has 1 amide bonds. The first kappa shape index (κ1) is 26.9. The molecule has 208 valence electrons. The second-order valence-electron chi connectivity index (χ2n) is 10.6. The van der Waals surface area contributed by atoms with Crippen LogP contribution in [0.4, 0.5) is 17.6 Å². The quantitative estimate of drug-likeness (QED) is 0.540. The van der Waals surface area contributed by atoms with Crippen LogP contribution in [0.3, 0.4) is 0 Å². The van der Waals surface area contributed by atoms with Gasteiger partial charge in [0.2, 0.25) is 5.91 Å². The van der Waals surface area contributed by atoms with Crippen LogP contribution in [-0.4, -0.2) is 61.0 Å². The normalized spacial score (nSPS) is 26.7. The minimum Gasteiger partial charge on any atom is -0.435 e. The van der Waals surface area contributed by atoms with Crippen LogP contribution >= 0.6 is 0 Å². The minimum atomic E-state index is -3.45. The summed E-state index contributed by atoms with van der Waals surface area (Å²) in [6, 6.07) is 5.26. The Hall–Kier alpha value is -2.67. The van der Waals surface area contributed by atoms with Crippen molar-refractivity contribution in [2.75, 3.05) is 24.7 Å². The third kappa shape index (κ3) is 5.40. The summed E-state index contributed by atoms with van der Waals surface area (Å²) in [7, 11) is -3.31. The number of amides is 1. The number of aromatic nitrogens is 2. The highest BCUT2D eigenvalue weighted by atomic mass is 32.2. The summed E-state index contributed by atoms with van der Waals surface area (Å²) in [5.41, 5.74) is -0.951. The largest absolute Gasteiger partial charge is 0.435 e. The Kier molecular flexibility index (Phi) is 6.95. The standard InChI is InChI=1S/C25H29F4N3O5S/c1-24(7-10-38(34,35)14-24)30-22(33)16-12-19-20(25(28,29)13-16)21(31-32(19)17-5-8-36-9-6-17)15-3-2-4-18(11-15)37-23(26)27/h2-4,11,16-17,23H,5-10,12-14H2,1H3,(H,30,33)/t16-,24+/m1/s1. The zero-order valence-corrected chi connectivity index (χ0v) is 21.6. The van der Waals surface area contributed by atoms with E-state index < -0.39 is 46.2 Å². The predicted octanol–water partition coefficient (Wildman–Crippen LogP) is 3.85. The number of nitrogens with zero attached hydrogens (tertiary/aromatic N) is 2. The Bertz CT molecular complexity index is 1330. The summed E-state index contributed by atoms with van der Waals surface area (Å²) >= 11 is 0. The number of hydrogen-bond acceptors (Lipinski definition) is 6. The van der Waals surface area contributed by atoms with E-state index in [1.54, 1.807) is 11.6 Å². The lowest BCUT2D eigenvalue weighted by molar-refractivity contribution is -0.131. The predicted molar refractivity (Wildman–Crippen MR) is 129 cm³/mol. The van der Waals surface area contributed by atoms with Crippen molar-refractivity contribution >= 4 is 15.7 Å². The van der Waals surface area contributed by atoms with E-state index in [1.165, 1.54) is 24.3 Å². The van der Waals surface area contributed by atoms with Gasteiger partial charge in [0.05, 0.1) is 28.6 Å². The number of ether oxygens (including phenoxy) is 2. The lowest BCUT2D eigenvalue weighted by Gasteiger charge is -2.33. The molecule has 0 bridgehead atoms. The number of alkyl halides is 4. The topological polar surface area (TPSA) is 99.5 Å². The van der Waals surface area contributed by atoms with Crippen molar-refractivity contribution in [1.82, 2.24) is 15.1 Å². The maximum atomic E-state index is 15.9. The Morgan fingerprint density at radius 2 is 2.00 bits per heavy atom. The summed E-state index contributed by atoms with van der Waals surface area (Å²) in [5.74, 6) is -5.65. The maximum Gasteiger partial charge on any atom is 0.387 e. The molecule has 1 aromatic carbocycles. The second kappa shape index (κ2) is 9.82. The molecule has 5 rings (SSSR count). The molecule has 0 unspecified atom stereocenters. The number of carbonyl (C=O) groups is 1. The van der Waals surface area contributed by atoms with Gasteiger partial charge in [-0.2, -0.15) is 13.9 Å². The molecule has 2 saturated heterocycles. The van der Waals surface area contributed by atoms with Crippen molar-refractivity contribution in [1.29, 1.82) is 0 Å². The molecular weight excluding hydrogens is 530 g/mol. The lowest BCUT2D eigenvalue weighted by Crippen LogP contribution is -2.51. The summed E-state index contributed by atoms with van der Waals surface area (Å²) < 4.78 is 92.7. The van der Waals surface area contributed by atoms with E-state index in [0.29, 0.717) is 26.1 Å². The third-order valence-corrected chi connectivity index (χ3v) is 9.39. The van der Waals surface area contributed by atoms with Crippen molar-refractivity contribution in [3.8, 4) is 17.0 Å². The van der Waals surface area contributed by atoms with Gasteiger partial charge in [0.1, 0.15) is 11.4 Å². The van der Waals surface area contributed by atoms with Crippen molar-refractivity contribution in [3.63, 3.8) is 0 Å². The SMILES string of the molecule is C[C@]1(NC(=O)[C@@H]2Cc3c(c(-c4cccc(OC(F)F)c4)nn3C3CCOCC3)C(F)(F)C2)CCS(=O)(=O)C1. The van der Waals surface area contributed by atoms with E-state index >= 15 is 8.78 Å². The van der Waals surface area contributed by atoms with Gasteiger partial charge in [0.25, 0.3) is 5.92 Å². The number of carbonyl (C=O) groups excluding carboxylic acids is 1. The van der Waals surface area contributed by atoms with E-state index in [-0.39, 0.29) is 58.7 Å². The number of benzene rings is 1. The van der Waals surface area contributed by atoms with E-state index in [2.05, 4.69) is 15.2 Å². The molecule has 3 heterocycles. The molecule has 1 aromatic heterocycles. The Morgan fingerprint density at radius 3 is 2.66 bits per heavy atom. The maximum absolute atomic E-state index is 15.9. The number of fused-ring (bicyclic) bond motifs is 1. The van der Waals surface area contributed by atoms with Gasteiger partial charge in [-0.3, -0.25) is 9.48 Å². The molecular formula is C25H29F4N3O5S. The molecule has 0 radical (unpaired) electrons. The highest BCUT2D eigenvalue weighted by Crippen LogP contribution is 2.48. The highest BCUT2D eigenvalue weighted by Gasteiger charge is 2.50. The highest BCUT2D eigenvalue weighted by molar-refractivity contribution is 7.91. The van der Waals surface area contributed by atoms with E-state index in [4.69, 9.17) is 4.74 Å². The third-order valence-electron chi connectivity index (χ3n) is 7.49. The van der Waals surface area contributed by atoms with Crippen LogP contribution in [0.25, 0.3) is 11.3 Å². The Balaban J connectivity index is 1.52. The number of rotatable bonds is 6. The monoisotopic (exact) mass is 559 g/mol. The average Bonchev–Trinajstić information content (AvgIpc) is 3.36. The molecule has 0 saturated carbocycles. The summed E-state index contributed by atoms with van der Waals surface area (Å²) in [6.07, 6.45) is 0.503. The molecule has 38 heavy (non-hydrogen) atoms. The first-order valence-electron chi connectivity index (χ1n) is 12.5. The van der Waals surface area contributed by atoms with Gasteiger partial charge in [0.15, 0.2) is 9.84 Å². The number of hydrogen-bond donors (Lipinski definition) is 1. The van der Waals surface area contributed by atoms with Crippen molar-refractivity contribution < 1.29 is 40.2 Å². The molecule has 3 aliphatic rings. The van der Waals surface area contributed by atoms with Gasteiger partial charge in [-0.1, -0.05) is 12.1 Å². The van der Waals surface area contributed by atoms with E-state index in [1.807, 2.05) is 0 Å². The molecule has 0 spiro atoms. The molecule has 8 nitrogen and oxygen atoms in total. The van der Waals surface area contributed by atoms with E-state index in [9.17, 15) is 22.0 Å². The molecule has 2 aromatic rings. The van der Waals surface area contributed by atoms with Gasteiger partial charge in [-0.15, -0.1) is 0 Å². The van der Waals surface area contributed by atoms with Crippen LogP contribution in [0, 0.1) is 5.92 Å². The van der Waals surface area contributed by atoms with Crippen LogP contribution in [0.15, 0.2) is 24.3 Å². The van der Waals surface area contributed by atoms with Gasteiger partial charge in [-0.05, 0) is 38.3 Å². The fraction of sp³-hybridized carbons (Fsp3) is 0.600. The Morgan fingerprint density at radius 1 is 1.26 bits per heavy atom. The van der Waals surface area contributed by atoms with Crippen LogP contribution in [-0.2, 0) is 31.7 Å². The molecule has 2 atom stereocenters. The number of halogens is 4. The number of sulfone groups is 1. The van der Waals surface area contributed by atoms with Gasteiger partial charge in [-0.25, -0.2) is 17.2 Å². The van der Waals surface area contributed by atoms with Crippen molar-refractivity contribution in [3.05, 3.63) is 35.5 Å².